The molecule has 1 aliphatic heterocycles. The molecule has 9 heteroatoms. The molecule has 1 aliphatic rings. The van der Waals surface area contributed by atoms with Crippen LogP contribution in [0, 0.1) is 0 Å². The van der Waals surface area contributed by atoms with Crippen molar-refractivity contribution >= 4 is 56.0 Å². The molecule has 2 heterocycles. The molecule has 0 amide bonds. The van der Waals surface area contributed by atoms with E-state index in [0.29, 0.717) is 5.46 Å². The molecule has 0 atom stereocenters. The Labute approximate surface area is 106 Å². The number of hydrazone groups is 1. The van der Waals surface area contributed by atoms with Crippen molar-refractivity contribution in [3.63, 3.8) is 0 Å². The Morgan fingerprint density at radius 1 is 1.69 bits per heavy atom. The quantitative estimate of drug-likeness (QED) is 0.791. The Balaban J connectivity index is 2.45. The van der Waals surface area contributed by atoms with Crippen molar-refractivity contribution in [3.8, 4) is 0 Å². The smallest absolute Gasteiger partial charge is 0.427 e. The lowest BCUT2D eigenvalue weighted by Crippen LogP contribution is -2.51. The highest BCUT2D eigenvalue weighted by Gasteiger charge is 2.37. The Hall–Kier alpha value is -0.375. The Kier molecular flexibility index (Phi) is 3.12. The number of fused-ring (bicyclic) bond motifs is 1. The molecule has 0 radical (unpaired) electrons. The van der Waals surface area contributed by atoms with E-state index in [1.165, 1.54) is 24.5 Å². The fourth-order valence-corrected chi connectivity index (χ4v) is 3.76. The Morgan fingerprint density at radius 3 is 3.00 bits per heavy atom. The van der Waals surface area contributed by atoms with Gasteiger partial charge in [-0.05, 0) is 34.4 Å². The molecule has 16 heavy (non-hydrogen) atoms. The number of rotatable bonds is 2. The monoisotopic (exact) mass is 322 g/mol. The van der Waals surface area contributed by atoms with Crippen molar-refractivity contribution < 1.29 is 13.4 Å². The number of hydrogen-bond donors (Lipinski definition) is 1. The Morgan fingerprint density at radius 2 is 2.38 bits per heavy atom. The van der Waals surface area contributed by atoms with Gasteiger partial charge < -0.3 is 5.02 Å². The normalized spacial score (nSPS) is 15.4. The number of sulfonamides is 1. The van der Waals surface area contributed by atoms with E-state index in [0.717, 1.165) is 13.0 Å². The molecule has 0 spiro atoms. The molecule has 0 aliphatic carbocycles. The van der Waals surface area contributed by atoms with Crippen LogP contribution in [0.5, 0.6) is 0 Å². The third-order valence-corrected chi connectivity index (χ3v) is 5.37. The average molecular weight is 323 g/mol. The fraction of sp³-hybridized carbons (Fsp3) is 0.286. The van der Waals surface area contributed by atoms with Gasteiger partial charge >= 0.3 is 7.05 Å². The summed E-state index contributed by atoms with van der Waals surface area (Å²) in [6.07, 6.45) is 1.45. The molecule has 0 unspecified atom stereocenters. The first-order valence-electron chi connectivity index (χ1n) is 4.49. The third-order valence-electron chi connectivity index (χ3n) is 2.19. The largest absolute Gasteiger partial charge is 0.484 e. The average Bonchev–Trinajstić information content (AvgIpc) is 2.60. The van der Waals surface area contributed by atoms with E-state index < -0.39 is 17.1 Å². The first-order chi connectivity index (χ1) is 7.45. The van der Waals surface area contributed by atoms with Gasteiger partial charge in [0.15, 0.2) is 0 Å². The van der Waals surface area contributed by atoms with Gasteiger partial charge in [0, 0.05) is 4.88 Å². The maximum absolute atomic E-state index is 11.6. The van der Waals surface area contributed by atoms with Crippen molar-refractivity contribution in [1.82, 2.24) is 4.33 Å². The number of thiophene rings is 1. The maximum Gasteiger partial charge on any atom is 0.484 e. The summed E-state index contributed by atoms with van der Waals surface area (Å²) in [5.41, 5.74) is 0.559. The number of nitrogens with zero attached hydrogens (tertiary/aromatic N) is 2. The summed E-state index contributed by atoms with van der Waals surface area (Å²) < 4.78 is 24.8. The summed E-state index contributed by atoms with van der Waals surface area (Å²) in [5, 5.41) is 13.7. The van der Waals surface area contributed by atoms with E-state index in [9.17, 15) is 13.4 Å². The highest BCUT2D eigenvalue weighted by atomic mass is 79.9. The minimum atomic E-state index is -3.53. The second-order valence-electron chi connectivity index (χ2n) is 3.16. The predicted molar refractivity (Wildman–Crippen MR) is 68.5 cm³/mol. The van der Waals surface area contributed by atoms with Gasteiger partial charge in [0.05, 0.1) is 15.8 Å². The highest BCUT2D eigenvalue weighted by molar-refractivity contribution is 9.11. The number of hydrogen-bond acceptors (Lipinski definition) is 5. The van der Waals surface area contributed by atoms with Crippen LogP contribution in [-0.2, 0) is 10.0 Å². The lowest BCUT2D eigenvalue weighted by molar-refractivity contribution is 0.477. The van der Waals surface area contributed by atoms with E-state index in [2.05, 4.69) is 21.0 Å². The fourth-order valence-electron chi connectivity index (χ4n) is 1.34. The summed E-state index contributed by atoms with van der Waals surface area (Å²) in [7, 11) is -4.76. The molecule has 0 saturated heterocycles. The van der Waals surface area contributed by atoms with Crippen LogP contribution in [0.2, 0.25) is 0 Å². The molecule has 86 valence electrons. The standard InChI is InChI=1S/C7H8BBrN2O3S2/c1-2-16(13,14)11-8(12)5-3-7(9)15-6(5)4-10-11/h3-4,12H,2H2,1H3. The van der Waals surface area contributed by atoms with E-state index in [4.69, 9.17) is 0 Å². The van der Waals surface area contributed by atoms with Gasteiger partial charge in [-0.3, -0.25) is 0 Å². The SMILES string of the molecule is CCS(=O)(=O)N1N=Cc2sc(Br)cc2B1O. The van der Waals surface area contributed by atoms with Crippen molar-refractivity contribution in [2.45, 2.75) is 6.92 Å². The third kappa shape index (κ3) is 1.92. The zero-order valence-corrected chi connectivity index (χ0v) is 11.5. The van der Waals surface area contributed by atoms with Crippen molar-refractivity contribution in [2.75, 3.05) is 5.75 Å². The second kappa shape index (κ2) is 4.13. The topological polar surface area (TPSA) is 70.0 Å². The van der Waals surface area contributed by atoms with Gasteiger partial charge in [0.1, 0.15) is 0 Å². The lowest BCUT2D eigenvalue weighted by atomic mass is 9.75. The van der Waals surface area contributed by atoms with Gasteiger partial charge in [0.2, 0.25) is 10.0 Å². The first-order valence-corrected chi connectivity index (χ1v) is 7.71. The van der Waals surface area contributed by atoms with Crippen LogP contribution in [-0.4, -0.2) is 36.8 Å². The van der Waals surface area contributed by atoms with Gasteiger partial charge in [-0.25, -0.2) is 12.7 Å². The predicted octanol–water partition coefficient (Wildman–Crippen LogP) is 0.197. The summed E-state index contributed by atoms with van der Waals surface area (Å²) in [6, 6.07) is 1.70. The summed E-state index contributed by atoms with van der Waals surface area (Å²) in [6.45, 7) is 1.51. The molecule has 5 nitrogen and oxygen atoms in total. The molecular formula is C7H8BBrN2O3S2. The summed E-state index contributed by atoms with van der Waals surface area (Å²) in [4.78, 5) is 0.766. The summed E-state index contributed by atoms with van der Waals surface area (Å²) in [5.74, 6) is -0.0952. The van der Waals surface area contributed by atoms with Gasteiger partial charge in [0.25, 0.3) is 0 Å². The van der Waals surface area contributed by atoms with E-state index >= 15 is 0 Å². The van der Waals surface area contributed by atoms with Gasteiger partial charge in [-0.1, -0.05) is 0 Å². The first kappa shape index (κ1) is 12.1. The van der Waals surface area contributed by atoms with Crippen LogP contribution in [0.1, 0.15) is 11.8 Å². The zero-order chi connectivity index (χ0) is 11.9. The van der Waals surface area contributed by atoms with E-state index in [-0.39, 0.29) is 5.75 Å². The molecular weight excluding hydrogens is 315 g/mol. The zero-order valence-electron chi connectivity index (χ0n) is 8.29. The molecule has 0 bridgehead atoms. The minimum absolute atomic E-state index is 0.0952. The molecule has 0 fully saturated rings. The molecule has 0 saturated carbocycles. The van der Waals surface area contributed by atoms with Gasteiger partial charge in [-0.15, -0.1) is 11.3 Å². The van der Waals surface area contributed by atoms with Crippen LogP contribution in [0.25, 0.3) is 0 Å². The highest BCUT2D eigenvalue weighted by Crippen LogP contribution is 2.23. The lowest BCUT2D eigenvalue weighted by Gasteiger charge is -2.23. The molecule has 1 aromatic heterocycles. The Bertz CT molecular complexity index is 542. The van der Waals surface area contributed by atoms with Crippen LogP contribution >= 0.6 is 27.3 Å². The van der Waals surface area contributed by atoms with Crippen LogP contribution in [0.15, 0.2) is 15.0 Å². The van der Waals surface area contributed by atoms with Crippen LogP contribution in [0.4, 0.5) is 0 Å². The second-order valence-corrected chi connectivity index (χ2v) is 7.74. The van der Waals surface area contributed by atoms with Crippen molar-refractivity contribution in [2.24, 2.45) is 5.10 Å². The summed E-state index contributed by atoms with van der Waals surface area (Å²) >= 11 is 4.69. The van der Waals surface area contributed by atoms with E-state index in [1.807, 2.05) is 0 Å². The van der Waals surface area contributed by atoms with Crippen molar-refractivity contribution in [3.05, 3.63) is 14.7 Å². The van der Waals surface area contributed by atoms with Crippen LogP contribution < -0.4 is 5.46 Å². The molecule has 0 aromatic carbocycles. The minimum Gasteiger partial charge on any atom is -0.427 e. The number of halogens is 1. The van der Waals surface area contributed by atoms with Crippen molar-refractivity contribution in [1.29, 1.82) is 0 Å². The molecule has 1 aromatic rings. The van der Waals surface area contributed by atoms with Gasteiger partial charge in [-0.2, -0.15) is 5.10 Å². The molecule has 1 N–H and O–H groups in total. The van der Waals surface area contributed by atoms with Crippen LogP contribution in [0.3, 0.4) is 0 Å². The molecule has 2 rings (SSSR count). The maximum atomic E-state index is 11.6. The van der Waals surface area contributed by atoms with E-state index in [1.54, 1.807) is 6.07 Å².